The highest BCUT2D eigenvalue weighted by molar-refractivity contribution is 5.92. The van der Waals surface area contributed by atoms with E-state index in [1.165, 1.54) is 0 Å². The zero-order chi connectivity index (χ0) is 18.1. The fourth-order valence-corrected chi connectivity index (χ4v) is 3.37. The first kappa shape index (κ1) is 16.5. The van der Waals surface area contributed by atoms with Crippen LogP contribution in [0.4, 0.5) is 0 Å². The Labute approximate surface area is 151 Å². The highest BCUT2D eigenvalue weighted by Gasteiger charge is 2.26. The predicted molar refractivity (Wildman–Crippen MR) is 93.2 cm³/mol. The van der Waals surface area contributed by atoms with Crippen LogP contribution in [0.2, 0.25) is 0 Å². The minimum absolute atomic E-state index is 0.160. The van der Waals surface area contributed by atoms with Gasteiger partial charge in [0.2, 0.25) is 5.88 Å². The van der Waals surface area contributed by atoms with Crippen molar-refractivity contribution in [2.75, 3.05) is 6.61 Å². The van der Waals surface area contributed by atoms with Crippen molar-refractivity contribution in [3.63, 3.8) is 0 Å². The number of amides is 1. The van der Waals surface area contributed by atoms with Crippen LogP contribution in [-0.2, 0) is 13.0 Å². The number of hydrogen-bond donors (Lipinski definition) is 1. The number of nitrogens with one attached hydrogen (secondary N) is 1. The van der Waals surface area contributed by atoms with Gasteiger partial charge < -0.3 is 14.8 Å². The molecule has 7 nitrogen and oxygen atoms in total. The Morgan fingerprint density at radius 1 is 1.46 bits per heavy atom. The number of hydrogen-bond acceptors (Lipinski definition) is 5. The summed E-state index contributed by atoms with van der Waals surface area (Å²) in [7, 11) is 0. The van der Waals surface area contributed by atoms with E-state index in [1.807, 2.05) is 6.07 Å². The van der Waals surface area contributed by atoms with Gasteiger partial charge in [-0.1, -0.05) is 6.92 Å². The second-order valence-corrected chi connectivity index (χ2v) is 6.65. The minimum Gasteiger partial charge on any atom is -0.491 e. The smallest absolute Gasteiger partial charge is 0.272 e. The van der Waals surface area contributed by atoms with Gasteiger partial charge in [0.25, 0.3) is 5.91 Å². The molecule has 0 radical (unpaired) electrons. The summed E-state index contributed by atoms with van der Waals surface area (Å²) < 4.78 is 13.3. The summed E-state index contributed by atoms with van der Waals surface area (Å²) in [6, 6.07) is 9.00. The first-order valence-corrected chi connectivity index (χ1v) is 8.87. The number of rotatable bonds is 3. The fourth-order valence-electron chi connectivity index (χ4n) is 3.37. The number of carbonyl (C=O) groups is 1. The summed E-state index contributed by atoms with van der Waals surface area (Å²) in [5.74, 6) is 1.18. The average Bonchev–Trinajstić information content (AvgIpc) is 3.10. The summed E-state index contributed by atoms with van der Waals surface area (Å²) in [6.45, 7) is 3.24. The maximum absolute atomic E-state index is 12.6. The summed E-state index contributed by atoms with van der Waals surface area (Å²) in [4.78, 5) is 12.6. The molecule has 0 bridgehead atoms. The molecule has 1 N–H and O–H groups in total. The lowest BCUT2D eigenvalue weighted by Crippen LogP contribution is -2.42. The van der Waals surface area contributed by atoms with Gasteiger partial charge in [-0.2, -0.15) is 10.4 Å². The molecule has 2 aromatic rings. The van der Waals surface area contributed by atoms with Crippen LogP contribution in [0, 0.1) is 11.3 Å². The molecule has 3 heterocycles. The van der Waals surface area contributed by atoms with Crippen molar-refractivity contribution in [1.29, 1.82) is 5.26 Å². The summed E-state index contributed by atoms with van der Waals surface area (Å²) >= 11 is 0. The Morgan fingerprint density at radius 3 is 3.15 bits per heavy atom. The molecule has 7 heteroatoms. The molecular weight excluding hydrogens is 332 g/mol. The van der Waals surface area contributed by atoms with Gasteiger partial charge in [-0.3, -0.25) is 4.79 Å². The summed E-state index contributed by atoms with van der Waals surface area (Å²) in [5.41, 5.74) is 1.87. The van der Waals surface area contributed by atoms with Crippen molar-refractivity contribution in [2.45, 2.75) is 44.9 Å². The molecular formula is C19H20N4O3. The first-order chi connectivity index (χ1) is 12.7. The largest absolute Gasteiger partial charge is 0.491 e. The normalized spacial score (nSPS) is 20.8. The first-order valence-electron chi connectivity index (χ1n) is 8.87. The quantitative estimate of drug-likeness (QED) is 0.913. The average molecular weight is 352 g/mol. The number of benzene rings is 1. The van der Waals surface area contributed by atoms with E-state index < -0.39 is 0 Å². The van der Waals surface area contributed by atoms with Crippen LogP contribution in [-0.4, -0.2) is 34.4 Å². The Hall–Kier alpha value is -3.01. The number of aryl methyl sites for hydroxylation is 1. The van der Waals surface area contributed by atoms with E-state index in [4.69, 9.17) is 14.7 Å². The molecule has 0 fully saturated rings. The number of carbonyl (C=O) groups excluding carboxylic acids is 1. The molecule has 4 rings (SSSR count). The van der Waals surface area contributed by atoms with E-state index in [0.717, 1.165) is 30.7 Å². The number of aromatic nitrogens is 2. The van der Waals surface area contributed by atoms with Crippen molar-refractivity contribution in [1.82, 2.24) is 15.1 Å². The molecule has 26 heavy (non-hydrogen) atoms. The predicted octanol–water partition coefficient (Wildman–Crippen LogP) is 2.05. The molecule has 2 atom stereocenters. The molecule has 1 aromatic carbocycles. The van der Waals surface area contributed by atoms with Gasteiger partial charge in [0.05, 0.1) is 17.7 Å². The molecule has 134 valence electrons. The van der Waals surface area contributed by atoms with E-state index in [-0.39, 0.29) is 18.1 Å². The van der Waals surface area contributed by atoms with Gasteiger partial charge in [0.1, 0.15) is 18.5 Å². The lowest BCUT2D eigenvalue weighted by molar-refractivity contribution is 0.0909. The number of fused-ring (bicyclic) bond motifs is 2. The Balaban J connectivity index is 1.44. The summed E-state index contributed by atoms with van der Waals surface area (Å²) in [6.07, 6.45) is 2.66. The SMILES string of the molecule is CCC1CCn2nc(C(=O)NC3COc4ccc(C#N)cc4C3)cc2O1. The molecule has 0 saturated carbocycles. The summed E-state index contributed by atoms with van der Waals surface area (Å²) in [5, 5.41) is 16.4. The second kappa shape index (κ2) is 6.71. The third-order valence-corrected chi connectivity index (χ3v) is 4.81. The third kappa shape index (κ3) is 3.10. The van der Waals surface area contributed by atoms with Gasteiger partial charge in [-0.15, -0.1) is 0 Å². The maximum atomic E-state index is 12.6. The van der Waals surface area contributed by atoms with E-state index in [1.54, 1.807) is 22.9 Å². The number of nitriles is 1. The second-order valence-electron chi connectivity index (χ2n) is 6.65. The number of nitrogens with zero attached hydrogens (tertiary/aromatic N) is 3. The fraction of sp³-hybridized carbons (Fsp3) is 0.421. The van der Waals surface area contributed by atoms with E-state index in [2.05, 4.69) is 23.4 Å². The molecule has 2 aliphatic heterocycles. The van der Waals surface area contributed by atoms with Gasteiger partial charge in [-0.25, -0.2) is 4.68 Å². The molecule has 0 spiro atoms. The Morgan fingerprint density at radius 2 is 2.35 bits per heavy atom. The van der Waals surface area contributed by atoms with Crippen LogP contribution in [0.1, 0.15) is 41.4 Å². The molecule has 1 amide bonds. The van der Waals surface area contributed by atoms with Crippen molar-refractivity contribution in [3.05, 3.63) is 41.1 Å². The zero-order valence-electron chi connectivity index (χ0n) is 14.6. The van der Waals surface area contributed by atoms with Crippen molar-refractivity contribution in [3.8, 4) is 17.7 Å². The van der Waals surface area contributed by atoms with Crippen LogP contribution < -0.4 is 14.8 Å². The van der Waals surface area contributed by atoms with E-state index >= 15 is 0 Å². The molecule has 0 saturated heterocycles. The highest BCUT2D eigenvalue weighted by atomic mass is 16.5. The molecule has 2 unspecified atom stereocenters. The van der Waals surface area contributed by atoms with E-state index in [9.17, 15) is 4.79 Å². The van der Waals surface area contributed by atoms with E-state index in [0.29, 0.717) is 30.2 Å². The highest BCUT2D eigenvalue weighted by Crippen LogP contribution is 2.26. The van der Waals surface area contributed by atoms with Crippen LogP contribution >= 0.6 is 0 Å². The Kier molecular flexibility index (Phi) is 4.25. The van der Waals surface area contributed by atoms with Crippen LogP contribution in [0.25, 0.3) is 0 Å². The van der Waals surface area contributed by atoms with Gasteiger partial charge in [0, 0.05) is 19.0 Å². The molecule has 1 aromatic heterocycles. The van der Waals surface area contributed by atoms with Gasteiger partial charge in [0.15, 0.2) is 5.69 Å². The van der Waals surface area contributed by atoms with Crippen molar-refractivity contribution >= 4 is 5.91 Å². The molecule has 2 aliphatic rings. The molecule has 0 aliphatic carbocycles. The lowest BCUT2D eigenvalue weighted by atomic mass is 10.0. The number of ether oxygens (including phenoxy) is 2. The topological polar surface area (TPSA) is 89.2 Å². The monoisotopic (exact) mass is 352 g/mol. The Bertz CT molecular complexity index is 883. The maximum Gasteiger partial charge on any atom is 0.272 e. The lowest BCUT2D eigenvalue weighted by Gasteiger charge is -2.25. The zero-order valence-corrected chi connectivity index (χ0v) is 14.6. The minimum atomic E-state index is -0.239. The van der Waals surface area contributed by atoms with Gasteiger partial charge in [-0.05, 0) is 36.6 Å². The van der Waals surface area contributed by atoms with Crippen LogP contribution in [0.15, 0.2) is 24.3 Å². The van der Waals surface area contributed by atoms with Crippen LogP contribution in [0.5, 0.6) is 11.6 Å². The van der Waals surface area contributed by atoms with Crippen molar-refractivity contribution in [2.24, 2.45) is 0 Å². The van der Waals surface area contributed by atoms with Crippen LogP contribution in [0.3, 0.4) is 0 Å². The third-order valence-electron chi connectivity index (χ3n) is 4.81. The van der Waals surface area contributed by atoms with Crippen molar-refractivity contribution < 1.29 is 14.3 Å². The van der Waals surface area contributed by atoms with Gasteiger partial charge >= 0.3 is 0 Å². The standard InChI is InChI=1S/C19H20N4O3/c1-2-15-5-6-23-18(26-15)9-16(22-23)19(24)21-14-8-13-7-12(10-20)3-4-17(13)25-11-14/h3-4,7,9,14-15H,2,5-6,8,11H2,1H3,(H,21,24).